The zero-order valence-electron chi connectivity index (χ0n) is 13.8. The van der Waals surface area contributed by atoms with E-state index in [1.54, 1.807) is 0 Å². The minimum atomic E-state index is 0.147. The molecule has 1 aromatic heterocycles. The average molecular weight is 278 g/mol. The molecule has 2 rings (SSSR count). The largest absolute Gasteiger partial charge is 0.468 e. The fourth-order valence-corrected chi connectivity index (χ4v) is 2.87. The molecule has 0 spiro atoms. The van der Waals surface area contributed by atoms with Crippen LogP contribution in [0, 0.1) is 5.41 Å². The molecule has 2 heterocycles. The molecule has 0 saturated carbocycles. The van der Waals surface area contributed by atoms with Gasteiger partial charge in [-0.15, -0.1) is 0 Å². The number of furan rings is 1. The van der Waals surface area contributed by atoms with Crippen LogP contribution in [-0.2, 0) is 13.1 Å². The smallest absolute Gasteiger partial charge is 0.118 e. The van der Waals surface area contributed by atoms with Gasteiger partial charge in [0.05, 0.1) is 12.8 Å². The zero-order valence-corrected chi connectivity index (χ0v) is 13.8. The van der Waals surface area contributed by atoms with E-state index in [9.17, 15) is 0 Å². The summed E-state index contributed by atoms with van der Waals surface area (Å²) in [5, 5.41) is 3.49. The van der Waals surface area contributed by atoms with Gasteiger partial charge in [0, 0.05) is 24.2 Å². The van der Waals surface area contributed by atoms with Crippen LogP contribution in [0.15, 0.2) is 16.7 Å². The molecular weight excluding hydrogens is 248 g/mol. The SMILES string of the molecule is CC1(C)CCCN(Cc2cc(CNC(C)(C)C)co2)C1. The molecule has 1 N–H and O–H groups in total. The Hall–Kier alpha value is -0.800. The van der Waals surface area contributed by atoms with E-state index in [4.69, 9.17) is 4.42 Å². The summed E-state index contributed by atoms with van der Waals surface area (Å²) in [6, 6.07) is 2.19. The van der Waals surface area contributed by atoms with Crippen LogP contribution in [0.3, 0.4) is 0 Å². The molecule has 0 unspecified atom stereocenters. The van der Waals surface area contributed by atoms with Crippen LogP contribution in [-0.4, -0.2) is 23.5 Å². The molecule has 1 aliphatic heterocycles. The van der Waals surface area contributed by atoms with Crippen molar-refractivity contribution in [2.45, 2.75) is 66.1 Å². The third-order valence-electron chi connectivity index (χ3n) is 3.89. The first-order valence-electron chi connectivity index (χ1n) is 7.77. The van der Waals surface area contributed by atoms with E-state index in [0.29, 0.717) is 5.41 Å². The number of nitrogens with one attached hydrogen (secondary N) is 1. The molecule has 1 fully saturated rings. The van der Waals surface area contributed by atoms with Gasteiger partial charge in [-0.05, 0) is 51.6 Å². The van der Waals surface area contributed by atoms with E-state index < -0.39 is 0 Å². The predicted molar refractivity (Wildman–Crippen MR) is 83.6 cm³/mol. The van der Waals surface area contributed by atoms with Crippen molar-refractivity contribution in [3.8, 4) is 0 Å². The Labute approximate surface area is 123 Å². The fraction of sp³-hybridized carbons (Fsp3) is 0.765. The highest BCUT2D eigenvalue weighted by atomic mass is 16.3. The molecule has 0 radical (unpaired) electrons. The number of nitrogens with zero attached hydrogens (tertiary/aromatic N) is 1. The molecule has 1 aromatic rings. The summed E-state index contributed by atoms with van der Waals surface area (Å²) in [4.78, 5) is 2.52. The second kappa shape index (κ2) is 5.90. The van der Waals surface area contributed by atoms with E-state index in [2.05, 4.69) is 50.9 Å². The van der Waals surface area contributed by atoms with Crippen molar-refractivity contribution in [2.24, 2.45) is 5.41 Å². The third-order valence-corrected chi connectivity index (χ3v) is 3.89. The van der Waals surface area contributed by atoms with Crippen LogP contribution in [0.4, 0.5) is 0 Å². The highest BCUT2D eigenvalue weighted by Gasteiger charge is 2.26. The highest BCUT2D eigenvalue weighted by Crippen LogP contribution is 2.29. The van der Waals surface area contributed by atoms with E-state index in [-0.39, 0.29) is 5.54 Å². The number of likely N-dealkylation sites (tertiary alicyclic amines) is 1. The summed E-state index contributed by atoms with van der Waals surface area (Å²) < 4.78 is 5.72. The van der Waals surface area contributed by atoms with Crippen LogP contribution in [0.1, 0.15) is 58.8 Å². The van der Waals surface area contributed by atoms with Gasteiger partial charge in [0.25, 0.3) is 0 Å². The van der Waals surface area contributed by atoms with Gasteiger partial charge in [0.1, 0.15) is 5.76 Å². The van der Waals surface area contributed by atoms with Crippen LogP contribution in [0.25, 0.3) is 0 Å². The van der Waals surface area contributed by atoms with Gasteiger partial charge in [0.2, 0.25) is 0 Å². The molecule has 3 heteroatoms. The standard InChI is InChI=1S/C17H30N2O/c1-16(2,3)18-10-14-9-15(20-12-14)11-19-8-6-7-17(4,5)13-19/h9,12,18H,6-8,10-11,13H2,1-5H3. The maximum Gasteiger partial charge on any atom is 0.118 e. The molecule has 1 saturated heterocycles. The zero-order chi connectivity index (χ0) is 14.8. The normalized spacial score (nSPS) is 20.2. The van der Waals surface area contributed by atoms with Gasteiger partial charge in [-0.1, -0.05) is 13.8 Å². The average Bonchev–Trinajstić information content (AvgIpc) is 2.72. The lowest BCUT2D eigenvalue weighted by molar-refractivity contribution is 0.105. The summed E-state index contributed by atoms with van der Waals surface area (Å²) in [5.74, 6) is 1.09. The first-order chi connectivity index (χ1) is 9.23. The predicted octanol–water partition coefficient (Wildman–Crippen LogP) is 3.79. The van der Waals surface area contributed by atoms with Crippen LogP contribution < -0.4 is 5.32 Å². The summed E-state index contributed by atoms with van der Waals surface area (Å²) in [7, 11) is 0. The molecule has 0 atom stereocenters. The van der Waals surface area contributed by atoms with Crippen molar-refractivity contribution >= 4 is 0 Å². The van der Waals surface area contributed by atoms with Gasteiger partial charge in [-0.3, -0.25) is 4.90 Å². The van der Waals surface area contributed by atoms with Crippen molar-refractivity contribution in [3.05, 3.63) is 23.7 Å². The van der Waals surface area contributed by atoms with Gasteiger partial charge >= 0.3 is 0 Å². The maximum absolute atomic E-state index is 5.72. The lowest BCUT2D eigenvalue weighted by Crippen LogP contribution is -2.39. The Kier molecular flexibility index (Phi) is 4.60. The first kappa shape index (κ1) is 15.6. The quantitative estimate of drug-likeness (QED) is 0.908. The van der Waals surface area contributed by atoms with Gasteiger partial charge < -0.3 is 9.73 Å². The summed E-state index contributed by atoms with van der Waals surface area (Å²) >= 11 is 0. The van der Waals surface area contributed by atoms with Crippen LogP contribution >= 0.6 is 0 Å². The number of piperidine rings is 1. The molecule has 1 aliphatic rings. The van der Waals surface area contributed by atoms with Gasteiger partial charge in [-0.25, -0.2) is 0 Å². The highest BCUT2D eigenvalue weighted by molar-refractivity contribution is 5.13. The Morgan fingerprint density at radius 1 is 1.35 bits per heavy atom. The van der Waals surface area contributed by atoms with Crippen molar-refractivity contribution in [3.63, 3.8) is 0 Å². The van der Waals surface area contributed by atoms with Crippen molar-refractivity contribution in [1.82, 2.24) is 10.2 Å². The molecule has 3 nitrogen and oxygen atoms in total. The summed E-state index contributed by atoms with van der Waals surface area (Å²) in [5.41, 5.74) is 1.83. The lowest BCUT2D eigenvalue weighted by atomic mass is 9.84. The molecule has 0 amide bonds. The minimum Gasteiger partial charge on any atom is -0.468 e. The summed E-state index contributed by atoms with van der Waals surface area (Å²) in [6.07, 6.45) is 4.53. The maximum atomic E-state index is 5.72. The number of rotatable bonds is 4. The second-order valence-corrected chi connectivity index (χ2v) is 8.00. The van der Waals surface area contributed by atoms with Crippen LogP contribution in [0.5, 0.6) is 0 Å². The monoisotopic (exact) mass is 278 g/mol. The third kappa shape index (κ3) is 4.95. The fourth-order valence-electron chi connectivity index (χ4n) is 2.87. The van der Waals surface area contributed by atoms with Gasteiger partial charge in [-0.2, -0.15) is 0 Å². The Morgan fingerprint density at radius 3 is 2.75 bits per heavy atom. The van der Waals surface area contributed by atoms with Crippen molar-refractivity contribution < 1.29 is 4.42 Å². The first-order valence-corrected chi connectivity index (χ1v) is 7.77. The molecular formula is C17H30N2O. The Morgan fingerprint density at radius 2 is 2.10 bits per heavy atom. The van der Waals surface area contributed by atoms with E-state index in [1.807, 2.05) is 6.26 Å². The number of hydrogen-bond acceptors (Lipinski definition) is 3. The Balaban J connectivity index is 1.86. The van der Waals surface area contributed by atoms with Crippen molar-refractivity contribution in [2.75, 3.05) is 13.1 Å². The van der Waals surface area contributed by atoms with E-state index in [0.717, 1.165) is 18.8 Å². The molecule has 20 heavy (non-hydrogen) atoms. The second-order valence-electron chi connectivity index (χ2n) is 8.00. The van der Waals surface area contributed by atoms with Crippen molar-refractivity contribution in [1.29, 1.82) is 0 Å². The summed E-state index contributed by atoms with van der Waals surface area (Å²) in [6.45, 7) is 15.5. The van der Waals surface area contributed by atoms with Crippen LogP contribution in [0.2, 0.25) is 0 Å². The van der Waals surface area contributed by atoms with E-state index in [1.165, 1.54) is 31.5 Å². The minimum absolute atomic E-state index is 0.147. The van der Waals surface area contributed by atoms with Gasteiger partial charge in [0.15, 0.2) is 0 Å². The molecule has 0 aromatic carbocycles. The molecule has 0 bridgehead atoms. The topological polar surface area (TPSA) is 28.4 Å². The lowest BCUT2D eigenvalue weighted by Gasteiger charge is -2.37. The molecule has 0 aliphatic carbocycles. The van der Waals surface area contributed by atoms with E-state index >= 15 is 0 Å². The number of hydrogen-bond donors (Lipinski definition) is 1. The Bertz CT molecular complexity index is 428. The molecule has 114 valence electrons.